The van der Waals surface area contributed by atoms with E-state index in [0.29, 0.717) is 0 Å². The Bertz CT molecular complexity index is 2110. The standard InChI is InChI=1S/C44H39NO/c1-2-14-31(15-3-1)29-45-30-32-16-12-17-33(28-32)34-18-4-5-19-35(34)36-20-6-7-21-37(36)38-22-8-9-23-39(38)40-25-13-27-43-44(40)41-24-10-11-26-42(41)46-43/h1-2,4-7,10-14,16-20,22-28,37,45H,3,8-9,15,21,29-30H2. The molecule has 0 aliphatic heterocycles. The first-order valence-electron chi connectivity index (χ1n) is 16.8. The molecular formula is C44H39NO. The van der Waals surface area contributed by atoms with Gasteiger partial charge in [-0.3, -0.25) is 0 Å². The van der Waals surface area contributed by atoms with E-state index in [4.69, 9.17) is 4.42 Å². The Morgan fingerprint density at radius 3 is 2.39 bits per heavy atom. The second kappa shape index (κ2) is 12.8. The topological polar surface area (TPSA) is 25.2 Å². The summed E-state index contributed by atoms with van der Waals surface area (Å²) in [6.07, 6.45) is 24.0. The summed E-state index contributed by atoms with van der Waals surface area (Å²) in [7, 11) is 0. The fourth-order valence-corrected chi connectivity index (χ4v) is 7.49. The second-order valence-corrected chi connectivity index (χ2v) is 12.6. The number of hydrogen-bond acceptors (Lipinski definition) is 2. The van der Waals surface area contributed by atoms with Crippen LogP contribution in [0.3, 0.4) is 0 Å². The highest BCUT2D eigenvalue weighted by atomic mass is 16.3. The minimum Gasteiger partial charge on any atom is -0.456 e. The SMILES string of the molecule is C1=CCCC(CNCc2cccc(-c3ccccc3C3=CC=CCC3C3=CCCC=C3c3cccc4oc5ccccc5c34)c2)=C1. The maximum Gasteiger partial charge on any atom is 0.136 e. The molecule has 1 aromatic heterocycles. The zero-order chi connectivity index (χ0) is 30.7. The fourth-order valence-electron chi connectivity index (χ4n) is 7.49. The molecule has 226 valence electrons. The van der Waals surface area contributed by atoms with E-state index in [2.05, 4.69) is 145 Å². The van der Waals surface area contributed by atoms with Gasteiger partial charge in [0.25, 0.3) is 0 Å². The molecule has 2 nitrogen and oxygen atoms in total. The predicted molar refractivity (Wildman–Crippen MR) is 194 cm³/mol. The summed E-state index contributed by atoms with van der Waals surface area (Å²) in [6.45, 7) is 1.81. The molecule has 0 spiro atoms. The van der Waals surface area contributed by atoms with Crippen LogP contribution in [0.4, 0.5) is 0 Å². The highest BCUT2D eigenvalue weighted by Gasteiger charge is 2.28. The lowest BCUT2D eigenvalue weighted by Crippen LogP contribution is -2.17. The van der Waals surface area contributed by atoms with Gasteiger partial charge in [0, 0.05) is 29.8 Å². The molecule has 1 heterocycles. The van der Waals surface area contributed by atoms with Gasteiger partial charge in [-0.1, -0.05) is 127 Å². The smallest absolute Gasteiger partial charge is 0.136 e. The summed E-state index contributed by atoms with van der Waals surface area (Å²) >= 11 is 0. The zero-order valence-corrected chi connectivity index (χ0v) is 26.2. The average molecular weight is 598 g/mol. The Morgan fingerprint density at radius 1 is 0.652 bits per heavy atom. The molecule has 46 heavy (non-hydrogen) atoms. The van der Waals surface area contributed by atoms with Crippen LogP contribution in [-0.2, 0) is 6.54 Å². The lowest BCUT2D eigenvalue weighted by atomic mass is 9.74. The van der Waals surface area contributed by atoms with Crippen molar-refractivity contribution < 1.29 is 4.42 Å². The van der Waals surface area contributed by atoms with Crippen LogP contribution in [0.5, 0.6) is 0 Å². The largest absolute Gasteiger partial charge is 0.456 e. The Morgan fingerprint density at radius 2 is 1.46 bits per heavy atom. The number of furan rings is 1. The van der Waals surface area contributed by atoms with Gasteiger partial charge in [0.15, 0.2) is 0 Å². The quantitative estimate of drug-likeness (QED) is 0.192. The maximum atomic E-state index is 6.31. The Hall–Kier alpha value is -4.92. The Labute approximate surface area is 271 Å². The molecule has 0 saturated carbocycles. The van der Waals surface area contributed by atoms with E-state index < -0.39 is 0 Å². The van der Waals surface area contributed by atoms with Crippen molar-refractivity contribution in [1.29, 1.82) is 0 Å². The third kappa shape index (κ3) is 5.55. The molecule has 1 unspecified atom stereocenters. The summed E-state index contributed by atoms with van der Waals surface area (Å²) in [5, 5.41) is 6.08. The number of hydrogen-bond donors (Lipinski definition) is 1. The van der Waals surface area contributed by atoms with Gasteiger partial charge >= 0.3 is 0 Å². The van der Waals surface area contributed by atoms with Gasteiger partial charge in [-0.2, -0.15) is 0 Å². The van der Waals surface area contributed by atoms with Crippen molar-refractivity contribution in [2.45, 2.75) is 38.6 Å². The van der Waals surface area contributed by atoms with Crippen LogP contribution in [0, 0.1) is 5.92 Å². The van der Waals surface area contributed by atoms with E-state index in [-0.39, 0.29) is 5.92 Å². The normalized spacial score (nSPS) is 18.0. The first-order chi connectivity index (χ1) is 22.8. The molecule has 4 aromatic carbocycles. The molecule has 3 aliphatic rings. The molecule has 3 aliphatic carbocycles. The molecule has 0 bridgehead atoms. The van der Waals surface area contributed by atoms with Crippen LogP contribution in [-0.4, -0.2) is 6.54 Å². The van der Waals surface area contributed by atoms with Crippen molar-refractivity contribution in [3.63, 3.8) is 0 Å². The lowest BCUT2D eigenvalue weighted by molar-refractivity contribution is 0.669. The molecule has 0 fully saturated rings. The van der Waals surface area contributed by atoms with E-state index in [1.54, 1.807) is 0 Å². The monoisotopic (exact) mass is 597 g/mol. The summed E-state index contributed by atoms with van der Waals surface area (Å²) in [5.74, 6) is 0.272. The summed E-state index contributed by atoms with van der Waals surface area (Å²) in [4.78, 5) is 0. The average Bonchev–Trinajstić information content (AvgIpc) is 3.51. The van der Waals surface area contributed by atoms with Gasteiger partial charge in [0.2, 0.25) is 0 Å². The fraction of sp³-hybridized carbons (Fsp3) is 0.182. The highest BCUT2D eigenvalue weighted by molar-refractivity contribution is 6.12. The summed E-state index contributed by atoms with van der Waals surface area (Å²) in [6, 6.07) is 33.0. The van der Waals surface area contributed by atoms with Gasteiger partial charge in [-0.15, -0.1) is 0 Å². The molecule has 2 heteroatoms. The van der Waals surface area contributed by atoms with Crippen molar-refractivity contribution >= 4 is 33.1 Å². The van der Waals surface area contributed by atoms with Crippen LogP contribution < -0.4 is 5.32 Å². The zero-order valence-electron chi connectivity index (χ0n) is 26.2. The number of rotatable bonds is 8. The first-order valence-corrected chi connectivity index (χ1v) is 16.8. The van der Waals surface area contributed by atoms with Gasteiger partial charge in [-0.05, 0) is 94.8 Å². The van der Waals surface area contributed by atoms with Crippen LogP contribution in [0.2, 0.25) is 0 Å². The summed E-state index contributed by atoms with van der Waals surface area (Å²) in [5.41, 5.74) is 14.0. The molecule has 0 amide bonds. The van der Waals surface area contributed by atoms with Crippen molar-refractivity contribution in [2.75, 3.05) is 6.54 Å². The third-order valence-corrected chi connectivity index (χ3v) is 9.67. The van der Waals surface area contributed by atoms with Gasteiger partial charge in [0.05, 0.1) is 0 Å². The van der Waals surface area contributed by atoms with Gasteiger partial charge in [0.1, 0.15) is 11.2 Å². The number of benzene rings is 4. The van der Waals surface area contributed by atoms with Crippen LogP contribution in [0.25, 0.3) is 44.2 Å². The van der Waals surface area contributed by atoms with E-state index in [9.17, 15) is 0 Å². The molecule has 0 radical (unpaired) electrons. The maximum absolute atomic E-state index is 6.31. The highest BCUT2D eigenvalue weighted by Crippen LogP contribution is 2.47. The lowest BCUT2D eigenvalue weighted by Gasteiger charge is -2.30. The molecule has 5 aromatic rings. The third-order valence-electron chi connectivity index (χ3n) is 9.67. The molecular weight excluding hydrogens is 558 g/mol. The van der Waals surface area contributed by atoms with Gasteiger partial charge in [-0.25, -0.2) is 0 Å². The minimum absolute atomic E-state index is 0.272. The van der Waals surface area contributed by atoms with Crippen LogP contribution in [0.15, 0.2) is 155 Å². The van der Waals surface area contributed by atoms with Crippen molar-refractivity contribution in [1.82, 2.24) is 5.32 Å². The number of para-hydroxylation sites is 1. The first kappa shape index (κ1) is 28.5. The van der Waals surface area contributed by atoms with E-state index >= 15 is 0 Å². The predicted octanol–water partition coefficient (Wildman–Crippen LogP) is 11.4. The van der Waals surface area contributed by atoms with Crippen molar-refractivity contribution in [3.05, 3.63) is 167 Å². The number of allylic oxidation sites excluding steroid dienone is 11. The second-order valence-electron chi connectivity index (χ2n) is 12.6. The molecule has 0 saturated heterocycles. The van der Waals surface area contributed by atoms with E-state index in [0.717, 1.165) is 56.4 Å². The Balaban J connectivity index is 1.13. The van der Waals surface area contributed by atoms with Crippen LogP contribution >= 0.6 is 0 Å². The van der Waals surface area contributed by atoms with E-state index in [1.807, 2.05) is 0 Å². The summed E-state index contributed by atoms with van der Waals surface area (Å²) < 4.78 is 6.31. The Kier molecular flexibility index (Phi) is 7.96. The van der Waals surface area contributed by atoms with Crippen molar-refractivity contribution in [3.8, 4) is 11.1 Å². The molecule has 1 atom stereocenters. The molecule has 1 N–H and O–H groups in total. The molecule has 8 rings (SSSR count). The van der Waals surface area contributed by atoms with Crippen molar-refractivity contribution in [2.24, 2.45) is 5.92 Å². The van der Waals surface area contributed by atoms with E-state index in [1.165, 1.54) is 60.9 Å². The minimum atomic E-state index is 0.272. The number of fused-ring (bicyclic) bond motifs is 3. The van der Waals surface area contributed by atoms with Gasteiger partial charge < -0.3 is 9.73 Å². The van der Waals surface area contributed by atoms with Crippen LogP contribution in [0.1, 0.15) is 48.8 Å². The number of nitrogens with one attached hydrogen (secondary N) is 1.